The standard InChI is InChI=1S/C14H24N2O4.C2H6/c1-10(2)20-8-7-14(3,4)15-11(17)9-16-12(18)5-6-13(16)19;1-2/h10H,5-9H2,1-4H3,(H,15,17);1-2H3. The summed E-state index contributed by atoms with van der Waals surface area (Å²) in [5.74, 6) is -0.861. The van der Waals surface area contributed by atoms with Crippen molar-refractivity contribution in [2.75, 3.05) is 13.2 Å². The molecule has 1 rings (SSSR count). The van der Waals surface area contributed by atoms with Crippen molar-refractivity contribution in [3.8, 4) is 0 Å². The zero-order valence-corrected chi connectivity index (χ0v) is 14.7. The van der Waals surface area contributed by atoms with Crippen LogP contribution in [0.3, 0.4) is 0 Å². The van der Waals surface area contributed by atoms with Gasteiger partial charge >= 0.3 is 0 Å². The number of likely N-dealkylation sites (tertiary alicyclic amines) is 1. The summed E-state index contributed by atoms with van der Waals surface area (Å²) in [5.41, 5.74) is -0.433. The van der Waals surface area contributed by atoms with E-state index in [9.17, 15) is 14.4 Å². The van der Waals surface area contributed by atoms with Crippen LogP contribution in [-0.2, 0) is 19.1 Å². The van der Waals surface area contributed by atoms with Crippen molar-refractivity contribution in [3.05, 3.63) is 0 Å². The van der Waals surface area contributed by atoms with E-state index in [0.717, 1.165) is 4.90 Å². The quantitative estimate of drug-likeness (QED) is 0.728. The molecule has 3 amide bonds. The Labute approximate surface area is 133 Å². The molecule has 22 heavy (non-hydrogen) atoms. The van der Waals surface area contributed by atoms with Crippen molar-refractivity contribution >= 4 is 17.7 Å². The first-order chi connectivity index (χ1) is 10.2. The summed E-state index contributed by atoms with van der Waals surface area (Å²) in [4.78, 5) is 35.8. The molecular weight excluding hydrogens is 284 g/mol. The zero-order chi connectivity index (χ0) is 17.3. The lowest BCUT2D eigenvalue weighted by Gasteiger charge is -2.27. The molecule has 1 aliphatic heterocycles. The summed E-state index contributed by atoms with van der Waals surface area (Å²) < 4.78 is 5.46. The Morgan fingerprint density at radius 2 is 1.73 bits per heavy atom. The number of hydrogen-bond donors (Lipinski definition) is 1. The number of nitrogens with one attached hydrogen (secondary N) is 1. The van der Waals surface area contributed by atoms with Gasteiger partial charge in [0.15, 0.2) is 0 Å². The molecule has 128 valence electrons. The van der Waals surface area contributed by atoms with Crippen molar-refractivity contribution in [1.82, 2.24) is 10.2 Å². The van der Waals surface area contributed by atoms with Crippen molar-refractivity contribution in [2.24, 2.45) is 0 Å². The number of rotatable bonds is 7. The molecule has 0 aromatic rings. The molecule has 1 fully saturated rings. The lowest BCUT2D eigenvalue weighted by molar-refractivity contribution is -0.142. The summed E-state index contributed by atoms with van der Waals surface area (Å²) in [7, 11) is 0. The minimum absolute atomic E-state index is 0.154. The van der Waals surface area contributed by atoms with Crippen molar-refractivity contribution in [1.29, 1.82) is 0 Å². The first kappa shape index (κ1) is 20.6. The maximum atomic E-state index is 11.9. The van der Waals surface area contributed by atoms with Crippen LogP contribution in [0.1, 0.15) is 60.8 Å². The predicted molar refractivity (Wildman–Crippen MR) is 85.2 cm³/mol. The van der Waals surface area contributed by atoms with E-state index in [4.69, 9.17) is 4.74 Å². The van der Waals surface area contributed by atoms with Gasteiger partial charge in [0, 0.05) is 25.0 Å². The molecule has 1 N–H and O–H groups in total. The normalized spacial score (nSPS) is 15.0. The Balaban J connectivity index is 0.00000211. The van der Waals surface area contributed by atoms with Crippen LogP contribution in [0.5, 0.6) is 0 Å². The second kappa shape index (κ2) is 9.56. The predicted octanol–water partition coefficient (Wildman–Crippen LogP) is 1.87. The molecule has 0 radical (unpaired) electrons. The molecule has 6 nitrogen and oxygen atoms in total. The van der Waals surface area contributed by atoms with E-state index in [-0.39, 0.29) is 43.2 Å². The molecule has 0 bridgehead atoms. The second-order valence-electron chi connectivity index (χ2n) is 5.98. The van der Waals surface area contributed by atoms with Crippen LogP contribution in [-0.4, -0.2) is 47.4 Å². The van der Waals surface area contributed by atoms with E-state index in [1.807, 2.05) is 41.5 Å². The number of hydrogen-bond acceptors (Lipinski definition) is 4. The average molecular weight is 314 g/mol. The third kappa shape index (κ3) is 7.54. The van der Waals surface area contributed by atoms with Crippen molar-refractivity contribution in [2.45, 2.75) is 72.4 Å². The fourth-order valence-corrected chi connectivity index (χ4v) is 1.97. The summed E-state index contributed by atoms with van der Waals surface area (Å²) >= 11 is 0. The summed E-state index contributed by atoms with van der Waals surface area (Å²) in [6.45, 7) is 12.1. The molecular formula is C16H30N2O4. The molecule has 0 aromatic heterocycles. The summed E-state index contributed by atoms with van der Waals surface area (Å²) in [6, 6.07) is 0. The van der Waals surface area contributed by atoms with Crippen LogP contribution < -0.4 is 5.32 Å². The van der Waals surface area contributed by atoms with Crippen LogP contribution in [0.15, 0.2) is 0 Å². The van der Waals surface area contributed by atoms with Crippen LogP contribution in [0, 0.1) is 0 Å². The number of carbonyl (C=O) groups excluding carboxylic acids is 3. The van der Waals surface area contributed by atoms with Gasteiger partial charge in [-0.2, -0.15) is 0 Å². The Morgan fingerprint density at radius 1 is 1.23 bits per heavy atom. The van der Waals surface area contributed by atoms with Gasteiger partial charge in [0.2, 0.25) is 17.7 Å². The first-order valence-electron chi connectivity index (χ1n) is 7.97. The topological polar surface area (TPSA) is 75.7 Å². The Hall–Kier alpha value is -1.43. The van der Waals surface area contributed by atoms with Crippen molar-refractivity contribution in [3.63, 3.8) is 0 Å². The highest BCUT2D eigenvalue weighted by Gasteiger charge is 2.31. The van der Waals surface area contributed by atoms with Gasteiger partial charge in [-0.25, -0.2) is 0 Å². The number of amides is 3. The number of imide groups is 1. The zero-order valence-electron chi connectivity index (χ0n) is 14.7. The van der Waals surface area contributed by atoms with E-state index in [0.29, 0.717) is 13.0 Å². The van der Waals surface area contributed by atoms with Gasteiger partial charge < -0.3 is 10.1 Å². The summed E-state index contributed by atoms with van der Waals surface area (Å²) in [5, 5.41) is 2.83. The van der Waals surface area contributed by atoms with E-state index < -0.39 is 5.54 Å². The summed E-state index contributed by atoms with van der Waals surface area (Å²) in [6.07, 6.45) is 1.23. The van der Waals surface area contributed by atoms with Gasteiger partial charge in [-0.05, 0) is 34.1 Å². The molecule has 1 heterocycles. The fourth-order valence-electron chi connectivity index (χ4n) is 1.97. The molecule has 0 unspecified atom stereocenters. The average Bonchev–Trinajstić information content (AvgIpc) is 2.71. The van der Waals surface area contributed by atoms with Crippen molar-refractivity contribution < 1.29 is 19.1 Å². The highest BCUT2D eigenvalue weighted by atomic mass is 16.5. The molecule has 0 aromatic carbocycles. The van der Waals surface area contributed by atoms with Crippen LogP contribution >= 0.6 is 0 Å². The second-order valence-corrected chi connectivity index (χ2v) is 5.98. The van der Waals surface area contributed by atoms with Gasteiger partial charge in [0.05, 0.1) is 6.10 Å². The molecule has 0 aliphatic carbocycles. The fraction of sp³-hybridized carbons (Fsp3) is 0.812. The molecule has 0 spiro atoms. The molecule has 1 aliphatic rings. The number of ether oxygens (including phenoxy) is 1. The van der Waals surface area contributed by atoms with E-state index >= 15 is 0 Å². The highest BCUT2D eigenvalue weighted by molar-refractivity contribution is 6.04. The Kier molecular flexibility index (Phi) is 8.94. The molecule has 0 atom stereocenters. The lowest BCUT2D eigenvalue weighted by Crippen LogP contribution is -2.49. The smallest absolute Gasteiger partial charge is 0.240 e. The maximum absolute atomic E-state index is 11.9. The monoisotopic (exact) mass is 314 g/mol. The molecule has 6 heteroatoms. The first-order valence-corrected chi connectivity index (χ1v) is 7.97. The van der Waals surface area contributed by atoms with Gasteiger partial charge in [0.25, 0.3) is 0 Å². The molecule has 0 saturated carbocycles. The van der Waals surface area contributed by atoms with Gasteiger partial charge in [-0.1, -0.05) is 13.8 Å². The van der Waals surface area contributed by atoms with Gasteiger partial charge in [0.1, 0.15) is 6.54 Å². The minimum Gasteiger partial charge on any atom is -0.379 e. The Morgan fingerprint density at radius 3 is 2.18 bits per heavy atom. The lowest BCUT2D eigenvalue weighted by atomic mass is 10.0. The third-order valence-electron chi connectivity index (χ3n) is 3.11. The van der Waals surface area contributed by atoms with E-state index in [1.54, 1.807) is 0 Å². The minimum atomic E-state index is -0.433. The van der Waals surface area contributed by atoms with Gasteiger partial charge in [-0.15, -0.1) is 0 Å². The largest absolute Gasteiger partial charge is 0.379 e. The molecule has 1 saturated heterocycles. The number of carbonyl (C=O) groups is 3. The Bertz CT molecular complexity index is 376. The van der Waals surface area contributed by atoms with Crippen LogP contribution in [0.25, 0.3) is 0 Å². The number of nitrogens with zero attached hydrogens (tertiary/aromatic N) is 1. The van der Waals surface area contributed by atoms with E-state index in [2.05, 4.69) is 5.32 Å². The highest BCUT2D eigenvalue weighted by Crippen LogP contribution is 2.13. The van der Waals surface area contributed by atoms with Crippen LogP contribution in [0.2, 0.25) is 0 Å². The van der Waals surface area contributed by atoms with Gasteiger partial charge in [-0.3, -0.25) is 19.3 Å². The maximum Gasteiger partial charge on any atom is 0.240 e. The van der Waals surface area contributed by atoms with Crippen LogP contribution in [0.4, 0.5) is 0 Å². The third-order valence-corrected chi connectivity index (χ3v) is 3.11. The SMILES string of the molecule is CC.CC(C)OCCC(C)(C)NC(=O)CN1C(=O)CCC1=O. The van der Waals surface area contributed by atoms with E-state index in [1.165, 1.54) is 0 Å².